The highest BCUT2D eigenvalue weighted by molar-refractivity contribution is 7.87. The lowest BCUT2D eigenvalue weighted by atomic mass is 10.2. The third-order valence-corrected chi connectivity index (χ3v) is 10.0. The number of carbonyl (C=O) groups is 4. The molecule has 2 heterocycles. The Morgan fingerprint density at radius 1 is 1.11 bits per heavy atom. The first-order chi connectivity index (χ1) is 24.7. The number of benzene rings is 1. The number of carbonyl (C=O) groups excluding carboxylic acids is 4. The van der Waals surface area contributed by atoms with Crippen molar-refractivity contribution < 1.29 is 32.3 Å². The van der Waals surface area contributed by atoms with Gasteiger partial charge in [-0.05, 0) is 91.2 Å². The van der Waals surface area contributed by atoms with Crippen molar-refractivity contribution in [2.24, 2.45) is 11.8 Å². The van der Waals surface area contributed by atoms with Crippen molar-refractivity contribution in [3.05, 3.63) is 46.4 Å². The number of amides is 4. The first-order valence-electron chi connectivity index (χ1n) is 18.3. The number of ether oxygens (including phenoxy) is 1. The molecule has 4 rings (SSSR count). The van der Waals surface area contributed by atoms with Crippen LogP contribution >= 0.6 is 0 Å². The van der Waals surface area contributed by atoms with Gasteiger partial charge in [0.1, 0.15) is 18.2 Å². The molecule has 1 aliphatic carbocycles. The molecule has 1 aromatic heterocycles. The van der Waals surface area contributed by atoms with Gasteiger partial charge in [0.15, 0.2) is 0 Å². The number of aromatic amines is 1. The van der Waals surface area contributed by atoms with Crippen LogP contribution in [0.4, 0.5) is 4.79 Å². The van der Waals surface area contributed by atoms with Crippen molar-refractivity contribution in [2.45, 2.75) is 111 Å². The van der Waals surface area contributed by atoms with Crippen LogP contribution in [0.25, 0.3) is 11.0 Å². The Morgan fingerprint density at radius 3 is 2.38 bits per heavy atom. The van der Waals surface area contributed by atoms with Crippen molar-refractivity contribution in [3.8, 4) is 0 Å². The van der Waals surface area contributed by atoms with Gasteiger partial charge in [0.05, 0.1) is 11.0 Å². The van der Waals surface area contributed by atoms with Crippen LogP contribution in [0, 0.1) is 18.8 Å². The number of nitrogens with zero attached hydrogens (tertiary/aromatic N) is 3. The Kier molecular flexibility index (Phi) is 17.2. The number of H-pyrrole nitrogens is 1. The fraction of sp³-hybridized carbons (Fsp3) is 0.649. The molecule has 1 aliphatic heterocycles. The highest BCUT2D eigenvalue weighted by Crippen LogP contribution is 2.40. The summed E-state index contributed by atoms with van der Waals surface area (Å²) in [5.41, 5.74) is 2.42. The molecular weight excluding hydrogens is 703 g/mol. The van der Waals surface area contributed by atoms with Gasteiger partial charge in [0.25, 0.3) is 0 Å². The van der Waals surface area contributed by atoms with E-state index in [-0.39, 0.29) is 41.9 Å². The Morgan fingerprint density at radius 2 is 1.79 bits per heavy atom. The van der Waals surface area contributed by atoms with Gasteiger partial charge in [0, 0.05) is 39.6 Å². The van der Waals surface area contributed by atoms with E-state index in [1.54, 1.807) is 32.4 Å². The normalized spacial score (nSPS) is 18.3. The number of imidazole rings is 1. The van der Waals surface area contributed by atoms with Crippen LogP contribution in [0.1, 0.15) is 98.1 Å². The molecule has 16 heteroatoms. The number of hydrogen-bond donors (Lipinski definition) is 4. The van der Waals surface area contributed by atoms with E-state index in [1.165, 1.54) is 38.3 Å². The molecule has 1 aromatic carbocycles. The summed E-state index contributed by atoms with van der Waals surface area (Å²) in [5, 5.41) is 4.95. The number of hydrogen-bond acceptors (Lipinski definition) is 8. The fourth-order valence-electron chi connectivity index (χ4n) is 5.68. The van der Waals surface area contributed by atoms with Gasteiger partial charge in [-0.15, -0.1) is 0 Å². The van der Waals surface area contributed by atoms with E-state index >= 15 is 0 Å². The highest BCUT2D eigenvalue weighted by Gasteiger charge is 2.42. The Bertz CT molecular complexity index is 1740. The van der Waals surface area contributed by atoms with Gasteiger partial charge in [0.2, 0.25) is 17.7 Å². The Labute approximate surface area is 314 Å². The standard InChI is InChI=1S/C13H23N3O4.C13H24N2O3S.C11H14N2O/c1-13(2,3)20-12(19)15-8-10(17)16-7-5-6-9(16)11(18)14-4;1-4-5-6-7-8-9-11-10-12(11)13(16)14-19(17,18)15(2)3;1-7(2)13-9-6-4-5-8(3)10(9)12-11(13)14/h9H,5-8H2,1-4H3,(H,14,18)(H,15,19);8-9,11-12H,4-7,10H2,1-3H3,(H,14,16);4-7H,1-3H3,(H,12,14)/b;9-8-;. The monoisotopic (exact) mass is 763 g/mol. The lowest BCUT2D eigenvalue weighted by molar-refractivity contribution is -0.137. The maximum absolute atomic E-state index is 12.0. The van der Waals surface area contributed by atoms with Crippen LogP contribution < -0.4 is 21.0 Å². The predicted octanol–water partition coefficient (Wildman–Crippen LogP) is 4.15. The number of likely N-dealkylation sites (tertiary alicyclic amines) is 1. The number of rotatable bonds is 12. The molecular formula is C37H61N7O8S. The summed E-state index contributed by atoms with van der Waals surface area (Å²) in [6.45, 7) is 13.8. The molecule has 4 N–H and O–H groups in total. The molecule has 298 valence electrons. The molecule has 3 atom stereocenters. The van der Waals surface area contributed by atoms with Crippen molar-refractivity contribution in [1.29, 1.82) is 0 Å². The smallest absolute Gasteiger partial charge is 0.408 e. The quantitative estimate of drug-likeness (QED) is 0.183. The molecule has 0 radical (unpaired) electrons. The molecule has 0 spiro atoms. The third-order valence-electron chi connectivity index (χ3n) is 8.63. The minimum absolute atomic E-state index is 0.0238. The first kappa shape index (κ1) is 45.0. The Balaban J connectivity index is 0.000000279. The number of unbranched alkanes of at least 4 members (excludes halogenated alkanes) is 3. The van der Waals surface area contributed by atoms with Gasteiger partial charge < -0.3 is 25.3 Å². The van der Waals surface area contributed by atoms with Crippen LogP contribution in [0.15, 0.2) is 35.1 Å². The van der Waals surface area contributed by atoms with Gasteiger partial charge >= 0.3 is 22.0 Å². The zero-order chi connectivity index (χ0) is 40.1. The maximum Gasteiger partial charge on any atom is 0.408 e. The number of fused-ring (bicyclic) bond motifs is 1. The summed E-state index contributed by atoms with van der Waals surface area (Å²) in [6.07, 6.45) is 10.3. The van der Waals surface area contributed by atoms with Crippen molar-refractivity contribution in [1.82, 2.24) is 34.1 Å². The topological polar surface area (TPSA) is 192 Å². The minimum atomic E-state index is -3.65. The number of likely N-dealkylation sites (N-methyl/N-ethyl adjacent to an activating group) is 1. The van der Waals surface area contributed by atoms with E-state index in [1.807, 2.05) is 45.0 Å². The van der Waals surface area contributed by atoms with Crippen LogP contribution in [-0.2, 0) is 29.3 Å². The van der Waals surface area contributed by atoms with Crippen LogP contribution in [0.5, 0.6) is 0 Å². The number of para-hydroxylation sites is 1. The minimum Gasteiger partial charge on any atom is -0.444 e. The zero-order valence-electron chi connectivity index (χ0n) is 33.1. The molecule has 4 amide bonds. The molecule has 0 bridgehead atoms. The number of allylic oxidation sites excluding steroid dienone is 2. The molecule has 2 fully saturated rings. The molecule has 2 aromatic rings. The molecule has 53 heavy (non-hydrogen) atoms. The largest absolute Gasteiger partial charge is 0.444 e. The van der Waals surface area contributed by atoms with E-state index < -0.39 is 33.9 Å². The second-order valence-electron chi connectivity index (χ2n) is 14.8. The van der Waals surface area contributed by atoms with Gasteiger partial charge in [-0.1, -0.05) is 44.1 Å². The summed E-state index contributed by atoms with van der Waals surface area (Å²) in [5.74, 6) is -0.817. The van der Waals surface area contributed by atoms with Gasteiger partial charge in [-0.3, -0.25) is 19.0 Å². The SMILES string of the molecule is CCCCC/C=C\C1CC1C(=O)NS(=O)(=O)N(C)C.CNC(=O)C1CCCN1C(=O)CNC(=O)OC(C)(C)C.Cc1cccc2c1[nH]c(=O)n2C(C)C. The molecule has 2 aliphatic rings. The predicted molar refractivity (Wildman–Crippen MR) is 206 cm³/mol. The fourth-order valence-corrected chi connectivity index (χ4v) is 6.27. The van der Waals surface area contributed by atoms with E-state index in [0.29, 0.717) is 13.0 Å². The second kappa shape index (κ2) is 20.3. The summed E-state index contributed by atoms with van der Waals surface area (Å²) >= 11 is 0. The third kappa shape index (κ3) is 14.3. The van der Waals surface area contributed by atoms with Crippen LogP contribution in [0.2, 0.25) is 0 Å². The van der Waals surface area contributed by atoms with Gasteiger partial charge in [-0.25, -0.2) is 14.3 Å². The second-order valence-corrected chi connectivity index (χ2v) is 16.6. The van der Waals surface area contributed by atoms with E-state index in [0.717, 1.165) is 40.2 Å². The lowest BCUT2D eigenvalue weighted by Gasteiger charge is -2.24. The van der Waals surface area contributed by atoms with Crippen molar-refractivity contribution >= 4 is 45.1 Å². The summed E-state index contributed by atoms with van der Waals surface area (Å²) < 4.78 is 32.9. The number of alkyl carbamates (subject to hydrolysis) is 1. The van der Waals surface area contributed by atoms with Crippen molar-refractivity contribution in [2.75, 3.05) is 34.2 Å². The summed E-state index contributed by atoms with van der Waals surface area (Å²) in [7, 11) is 0.688. The average molecular weight is 764 g/mol. The van der Waals surface area contributed by atoms with Crippen molar-refractivity contribution in [3.63, 3.8) is 0 Å². The number of nitrogens with one attached hydrogen (secondary N) is 4. The summed E-state index contributed by atoms with van der Waals surface area (Å²) in [6, 6.07) is 5.71. The van der Waals surface area contributed by atoms with Gasteiger partial charge in [-0.2, -0.15) is 12.7 Å². The highest BCUT2D eigenvalue weighted by atomic mass is 32.2. The van der Waals surface area contributed by atoms with Crippen LogP contribution in [-0.4, -0.2) is 96.9 Å². The number of aryl methyl sites for hydroxylation is 1. The lowest BCUT2D eigenvalue weighted by Crippen LogP contribution is -2.48. The molecule has 15 nitrogen and oxygen atoms in total. The Hall–Kier alpha value is -4.18. The maximum atomic E-state index is 12.0. The summed E-state index contributed by atoms with van der Waals surface area (Å²) in [4.78, 5) is 62.9. The molecule has 1 saturated heterocycles. The van der Waals surface area contributed by atoms with E-state index in [9.17, 15) is 32.4 Å². The first-order valence-corrected chi connectivity index (χ1v) is 19.8. The molecule has 1 saturated carbocycles. The van der Waals surface area contributed by atoms with Crippen LogP contribution in [0.3, 0.4) is 0 Å². The number of aromatic nitrogens is 2. The zero-order valence-corrected chi connectivity index (χ0v) is 33.9. The van der Waals surface area contributed by atoms with E-state index in [2.05, 4.69) is 33.3 Å². The molecule has 3 unspecified atom stereocenters. The average Bonchev–Trinajstić information content (AvgIpc) is 3.51. The van der Waals surface area contributed by atoms with E-state index in [4.69, 9.17) is 4.74 Å².